The first-order chi connectivity index (χ1) is 10.5. The van der Waals surface area contributed by atoms with Gasteiger partial charge in [0.1, 0.15) is 11.5 Å². The molecule has 0 aliphatic heterocycles. The molecule has 6 heteroatoms. The van der Waals surface area contributed by atoms with Crippen molar-refractivity contribution in [3.63, 3.8) is 0 Å². The van der Waals surface area contributed by atoms with Gasteiger partial charge in [-0.05, 0) is 34.1 Å². The predicted molar refractivity (Wildman–Crippen MR) is 87.3 cm³/mol. The zero-order valence-electron chi connectivity index (χ0n) is 12.7. The lowest BCUT2D eigenvalue weighted by Crippen LogP contribution is -2.26. The summed E-state index contributed by atoms with van der Waals surface area (Å²) in [6.07, 6.45) is 3.19. The summed E-state index contributed by atoms with van der Waals surface area (Å²) in [5.74, 6) is 1.30. The van der Waals surface area contributed by atoms with E-state index in [9.17, 15) is 4.79 Å². The summed E-state index contributed by atoms with van der Waals surface area (Å²) < 4.78 is 11.3. The molecule has 1 aromatic carbocycles. The van der Waals surface area contributed by atoms with Crippen molar-refractivity contribution in [2.75, 3.05) is 21.3 Å². The molecule has 116 valence electrons. The highest BCUT2D eigenvalue weighted by Crippen LogP contribution is 2.26. The van der Waals surface area contributed by atoms with Crippen molar-refractivity contribution in [3.8, 4) is 11.5 Å². The number of carbonyl (C=O) groups is 1. The SMILES string of the molecule is COc1ccc(CN(C)C(=O)c2cncc(Br)c2)c(OC)c1. The molecule has 0 fully saturated rings. The molecule has 2 rings (SSSR count). The zero-order chi connectivity index (χ0) is 16.1. The molecule has 0 aliphatic carbocycles. The first kappa shape index (κ1) is 16.3. The Labute approximate surface area is 138 Å². The van der Waals surface area contributed by atoms with Gasteiger partial charge in [-0.3, -0.25) is 9.78 Å². The number of methoxy groups -OCH3 is 2. The molecular weight excluding hydrogens is 348 g/mol. The Morgan fingerprint density at radius 3 is 2.64 bits per heavy atom. The van der Waals surface area contributed by atoms with Crippen LogP contribution in [0.4, 0.5) is 0 Å². The molecule has 0 bridgehead atoms. The molecule has 0 aliphatic rings. The van der Waals surface area contributed by atoms with Crippen LogP contribution in [0.15, 0.2) is 41.1 Å². The monoisotopic (exact) mass is 364 g/mol. The lowest BCUT2D eigenvalue weighted by molar-refractivity contribution is 0.0783. The van der Waals surface area contributed by atoms with E-state index in [0.29, 0.717) is 23.6 Å². The van der Waals surface area contributed by atoms with Crippen molar-refractivity contribution in [1.82, 2.24) is 9.88 Å². The average molecular weight is 365 g/mol. The Morgan fingerprint density at radius 1 is 1.23 bits per heavy atom. The van der Waals surface area contributed by atoms with Crippen LogP contribution in [-0.4, -0.2) is 37.1 Å². The number of carbonyl (C=O) groups excluding carboxylic acids is 1. The van der Waals surface area contributed by atoms with Gasteiger partial charge in [0.2, 0.25) is 0 Å². The number of hydrogen-bond acceptors (Lipinski definition) is 4. The average Bonchev–Trinajstić information content (AvgIpc) is 2.54. The Bertz CT molecular complexity index is 676. The molecule has 0 spiro atoms. The summed E-state index contributed by atoms with van der Waals surface area (Å²) in [6, 6.07) is 7.28. The Hall–Kier alpha value is -2.08. The molecule has 1 heterocycles. The molecule has 2 aromatic rings. The lowest BCUT2D eigenvalue weighted by Gasteiger charge is -2.19. The van der Waals surface area contributed by atoms with E-state index in [2.05, 4.69) is 20.9 Å². The van der Waals surface area contributed by atoms with Gasteiger partial charge in [0.05, 0.1) is 19.8 Å². The minimum atomic E-state index is -0.105. The highest BCUT2D eigenvalue weighted by molar-refractivity contribution is 9.10. The fourth-order valence-corrected chi connectivity index (χ4v) is 2.42. The maximum atomic E-state index is 12.4. The molecule has 0 radical (unpaired) electrons. The van der Waals surface area contributed by atoms with E-state index < -0.39 is 0 Å². The van der Waals surface area contributed by atoms with Gasteiger partial charge in [-0.25, -0.2) is 0 Å². The van der Waals surface area contributed by atoms with Crippen molar-refractivity contribution in [2.45, 2.75) is 6.54 Å². The minimum absolute atomic E-state index is 0.105. The highest BCUT2D eigenvalue weighted by atomic mass is 79.9. The van der Waals surface area contributed by atoms with Gasteiger partial charge in [0, 0.05) is 42.1 Å². The number of rotatable bonds is 5. The Balaban J connectivity index is 2.18. The smallest absolute Gasteiger partial charge is 0.255 e. The maximum Gasteiger partial charge on any atom is 0.255 e. The second-order valence-electron chi connectivity index (χ2n) is 4.73. The summed E-state index contributed by atoms with van der Waals surface area (Å²) in [5, 5.41) is 0. The highest BCUT2D eigenvalue weighted by Gasteiger charge is 2.15. The van der Waals surface area contributed by atoms with Crippen LogP contribution in [0, 0.1) is 0 Å². The number of ether oxygens (including phenoxy) is 2. The van der Waals surface area contributed by atoms with Crippen molar-refractivity contribution in [2.24, 2.45) is 0 Å². The van der Waals surface area contributed by atoms with Crippen molar-refractivity contribution in [3.05, 3.63) is 52.3 Å². The quantitative estimate of drug-likeness (QED) is 0.817. The molecule has 0 N–H and O–H groups in total. The molecule has 0 atom stereocenters. The van der Waals surface area contributed by atoms with Crippen LogP contribution in [0.1, 0.15) is 15.9 Å². The van der Waals surface area contributed by atoms with Gasteiger partial charge in [-0.15, -0.1) is 0 Å². The number of nitrogens with zero attached hydrogens (tertiary/aromatic N) is 2. The van der Waals surface area contributed by atoms with Crippen molar-refractivity contribution >= 4 is 21.8 Å². The number of pyridine rings is 1. The molecule has 0 saturated heterocycles. The normalized spacial score (nSPS) is 10.2. The van der Waals surface area contributed by atoms with Gasteiger partial charge >= 0.3 is 0 Å². The van der Waals surface area contributed by atoms with Crippen LogP contribution in [-0.2, 0) is 6.54 Å². The third kappa shape index (κ3) is 3.76. The molecule has 0 saturated carbocycles. The summed E-state index contributed by atoms with van der Waals surface area (Å²) >= 11 is 3.32. The fraction of sp³-hybridized carbons (Fsp3) is 0.250. The van der Waals surface area contributed by atoms with Crippen LogP contribution in [0.25, 0.3) is 0 Å². The lowest BCUT2D eigenvalue weighted by atomic mass is 10.1. The van der Waals surface area contributed by atoms with Crippen LogP contribution >= 0.6 is 15.9 Å². The molecular formula is C16H17BrN2O3. The topological polar surface area (TPSA) is 51.7 Å². The third-order valence-corrected chi connectivity index (χ3v) is 3.63. The van der Waals surface area contributed by atoms with Gasteiger partial charge in [0.25, 0.3) is 5.91 Å². The maximum absolute atomic E-state index is 12.4. The fourth-order valence-electron chi connectivity index (χ4n) is 2.06. The van der Waals surface area contributed by atoms with Crippen LogP contribution in [0.5, 0.6) is 11.5 Å². The Kier molecular flexibility index (Phi) is 5.38. The van der Waals surface area contributed by atoms with Gasteiger partial charge < -0.3 is 14.4 Å². The summed E-state index contributed by atoms with van der Waals surface area (Å²) in [5.41, 5.74) is 1.44. The molecule has 1 aromatic heterocycles. The second kappa shape index (κ2) is 7.26. The molecule has 1 amide bonds. The first-order valence-electron chi connectivity index (χ1n) is 6.62. The van der Waals surface area contributed by atoms with E-state index in [0.717, 1.165) is 10.0 Å². The zero-order valence-corrected chi connectivity index (χ0v) is 14.3. The van der Waals surface area contributed by atoms with Crippen LogP contribution < -0.4 is 9.47 Å². The minimum Gasteiger partial charge on any atom is -0.497 e. The second-order valence-corrected chi connectivity index (χ2v) is 5.65. The summed E-state index contributed by atoms with van der Waals surface area (Å²) in [6.45, 7) is 0.429. The van der Waals surface area contributed by atoms with E-state index in [-0.39, 0.29) is 5.91 Å². The van der Waals surface area contributed by atoms with E-state index in [4.69, 9.17) is 9.47 Å². The molecule has 0 unspecified atom stereocenters. The number of benzene rings is 1. The van der Waals surface area contributed by atoms with Crippen molar-refractivity contribution in [1.29, 1.82) is 0 Å². The van der Waals surface area contributed by atoms with Gasteiger partial charge in [-0.2, -0.15) is 0 Å². The van der Waals surface area contributed by atoms with Gasteiger partial charge in [-0.1, -0.05) is 0 Å². The number of hydrogen-bond donors (Lipinski definition) is 0. The third-order valence-electron chi connectivity index (χ3n) is 3.20. The molecule has 22 heavy (non-hydrogen) atoms. The summed E-state index contributed by atoms with van der Waals surface area (Å²) in [7, 11) is 4.94. The number of amides is 1. The number of halogens is 1. The van der Waals surface area contributed by atoms with E-state index in [1.807, 2.05) is 12.1 Å². The Morgan fingerprint density at radius 2 is 2.00 bits per heavy atom. The van der Waals surface area contributed by atoms with Crippen molar-refractivity contribution < 1.29 is 14.3 Å². The first-order valence-corrected chi connectivity index (χ1v) is 7.41. The standard InChI is InChI=1S/C16H17BrN2O3/c1-19(16(20)12-6-13(17)9-18-8-12)10-11-4-5-14(21-2)7-15(11)22-3/h4-9H,10H2,1-3H3. The van der Waals surface area contributed by atoms with E-state index in [1.165, 1.54) is 0 Å². The number of aromatic nitrogens is 1. The predicted octanol–water partition coefficient (Wildman–Crippen LogP) is 3.13. The van der Waals surface area contributed by atoms with E-state index in [1.54, 1.807) is 50.7 Å². The summed E-state index contributed by atoms with van der Waals surface area (Å²) in [4.78, 5) is 18.1. The van der Waals surface area contributed by atoms with Crippen LogP contribution in [0.3, 0.4) is 0 Å². The molecule has 5 nitrogen and oxygen atoms in total. The van der Waals surface area contributed by atoms with E-state index >= 15 is 0 Å². The van der Waals surface area contributed by atoms with Gasteiger partial charge in [0.15, 0.2) is 0 Å². The largest absolute Gasteiger partial charge is 0.497 e. The van der Waals surface area contributed by atoms with Crippen LogP contribution in [0.2, 0.25) is 0 Å².